The highest BCUT2D eigenvalue weighted by Crippen LogP contribution is 1.95. The molecule has 0 saturated carbocycles. The fourth-order valence-electron chi connectivity index (χ4n) is 0.617. The smallest absolute Gasteiger partial charge is 0.429 e. The molecule has 1 N–H and O–H groups in total. The van der Waals surface area contributed by atoms with Gasteiger partial charge >= 0.3 is 12.2 Å². The number of rotatable bonds is 2. The Hall–Kier alpha value is -1.79. The Morgan fingerprint density at radius 1 is 1.36 bits per heavy atom. The fourth-order valence-corrected chi connectivity index (χ4v) is 0.617. The number of amides is 2. The highest BCUT2D eigenvalue weighted by molar-refractivity contribution is 5.77. The molecule has 0 radical (unpaired) electrons. The van der Waals surface area contributed by atoms with E-state index in [9.17, 15) is 14.4 Å². The molecule has 0 rings (SSSR count). The monoisotopic (exact) mass is 204 g/mol. The summed E-state index contributed by atoms with van der Waals surface area (Å²) in [6.07, 6.45) is -1.23. The van der Waals surface area contributed by atoms with E-state index >= 15 is 0 Å². The highest BCUT2D eigenvalue weighted by atomic mass is 16.6. The maximum absolute atomic E-state index is 11.0. The van der Waals surface area contributed by atoms with E-state index in [1.807, 2.05) is 5.43 Å². The predicted octanol–water partition coefficient (Wildman–Crippen LogP) is -0.0868. The van der Waals surface area contributed by atoms with Gasteiger partial charge in [0.2, 0.25) is 0 Å². The molecule has 0 aromatic carbocycles. The molecule has 0 heterocycles. The van der Waals surface area contributed by atoms with Gasteiger partial charge in [0.05, 0.1) is 14.2 Å². The molecule has 0 aromatic rings. The third kappa shape index (κ3) is 3.30. The summed E-state index contributed by atoms with van der Waals surface area (Å²) in [6, 6.07) is -0.832. The summed E-state index contributed by atoms with van der Waals surface area (Å²) in [7, 11) is 2.27. The van der Waals surface area contributed by atoms with Gasteiger partial charge in [0.1, 0.15) is 12.3 Å². The molecule has 0 bridgehead atoms. The van der Waals surface area contributed by atoms with Crippen LogP contribution in [0.1, 0.15) is 6.92 Å². The molecule has 0 aliphatic rings. The lowest BCUT2D eigenvalue weighted by atomic mass is 10.4. The first kappa shape index (κ1) is 12.2. The zero-order valence-electron chi connectivity index (χ0n) is 8.14. The van der Waals surface area contributed by atoms with Crippen molar-refractivity contribution in [3.05, 3.63) is 0 Å². The Bertz CT molecular complexity index is 230. The molecule has 1 atom stereocenters. The molecule has 7 heteroatoms. The van der Waals surface area contributed by atoms with Gasteiger partial charge in [-0.05, 0) is 6.92 Å². The molecule has 2 amide bonds. The molecule has 0 unspecified atom stereocenters. The van der Waals surface area contributed by atoms with Crippen LogP contribution in [-0.2, 0) is 14.3 Å². The van der Waals surface area contributed by atoms with E-state index in [0.717, 1.165) is 19.2 Å². The molecule has 0 saturated heterocycles. The molecule has 0 aromatic heterocycles. The third-order valence-electron chi connectivity index (χ3n) is 1.37. The van der Waals surface area contributed by atoms with E-state index in [-0.39, 0.29) is 0 Å². The average molecular weight is 204 g/mol. The lowest BCUT2D eigenvalue weighted by Gasteiger charge is -2.23. The summed E-state index contributed by atoms with van der Waals surface area (Å²) in [5, 5.41) is 0.721. The maximum atomic E-state index is 11.0. The standard InChI is InChI=1S/C7H12N2O5/c1-5(4-10)9(7(12)14-3)8-6(11)13-2/h4-5H,1-3H3,(H,8,11)/t5-/m0/s1. The van der Waals surface area contributed by atoms with Crippen LogP contribution in [0, 0.1) is 0 Å². The molecule has 0 aliphatic carbocycles. The van der Waals surface area contributed by atoms with Gasteiger partial charge < -0.3 is 14.3 Å². The number of aldehydes is 1. The van der Waals surface area contributed by atoms with E-state index in [1.165, 1.54) is 6.92 Å². The van der Waals surface area contributed by atoms with Crippen LogP contribution >= 0.6 is 0 Å². The van der Waals surface area contributed by atoms with Gasteiger partial charge in [0.15, 0.2) is 0 Å². The Balaban J connectivity index is 4.47. The van der Waals surface area contributed by atoms with Crippen molar-refractivity contribution in [1.29, 1.82) is 0 Å². The van der Waals surface area contributed by atoms with E-state index in [4.69, 9.17) is 0 Å². The van der Waals surface area contributed by atoms with Gasteiger partial charge in [-0.25, -0.2) is 20.0 Å². The van der Waals surface area contributed by atoms with E-state index < -0.39 is 18.2 Å². The Morgan fingerprint density at radius 2 is 1.93 bits per heavy atom. The van der Waals surface area contributed by atoms with Crippen LogP contribution in [0.5, 0.6) is 0 Å². The number of nitrogens with one attached hydrogen (secondary N) is 1. The number of hydrazine groups is 1. The van der Waals surface area contributed by atoms with Crippen LogP contribution in [0.4, 0.5) is 9.59 Å². The van der Waals surface area contributed by atoms with Crippen molar-refractivity contribution in [2.24, 2.45) is 0 Å². The highest BCUT2D eigenvalue weighted by Gasteiger charge is 2.22. The molecule has 0 fully saturated rings. The van der Waals surface area contributed by atoms with Gasteiger partial charge in [-0.1, -0.05) is 0 Å². The molecule has 14 heavy (non-hydrogen) atoms. The third-order valence-corrected chi connectivity index (χ3v) is 1.37. The van der Waals surface area contributed by atoms with Crippen molar-refractivity contribution >= 4 is 18.5 Å². The van der Waals surface area contributed by atoms with Crippen molar-refractivity contribution in [2.45, 2.75) is 13.0 Å². The van der Waals surface area contributed by atoms with Crippen molar-refractivity contribution in [2.75, 3.05) is 14.2 Å². The summed E-state index contributed by atoms with van der Waals surface area (Å²) >= 11 is 0. The SMILES string of the molecule is COC(=O)NN(C(=O)OC)[C@@H](C)C=O. The number of hydrogen-bond acceptors (Lipinski definition) is 5. The Kier molecular flexibility index (Phi) is 5.05. The van der Waals surface area contributed by atoms with Crippen LogP contribution in [0.2, 0.25) is 0 Å². The first-order valence-corrected chi connectivity index (χ1v) is 3.73. The lowest BCUT2D eigenvalue weighted by Crippen LogP contribution is -2.51. The molecular weight excluding hydrogens is 192 g/mol. The normalized spacial score (nSPS) is 11.1. The number of carbonyl (C=O) groups excluding carboxylic acids is 3. The second-order valence-electron chi connectivity index (χ2n) is 2.32. The number of ether oxygens (including phenoxy) is 2. The van der Waals surface area contributed by atoms with E-state index in [0.29, 0.717) is 6.29 Å². The number of nitrogens with zero attached hydrogens (tertiary/aromatic N) is 1. The summed E-state index contributed by atoms with van der Waals surface area (Å²) in [6.45, 7) is 1.42. The zero-order chi connectivity index (χ0) is 11.1. The maximum Gasteiger partial charge on any atom is 0.429 e. The Labute approximate surface area is 80.9 Å². The summed E-state index contributed by atoms with van der Waals surface area (Å²) < 4.78 is 8.59. The van der Waals surface area contributed by atoms with Crippen molar-refractivity contribution in [3.8, 4) is 0 Å². The van der Waals surface area contributed by atoms with Gasteiger partial charge in [-0.3, -0.25) is 0 Å². The molecule has 7 nitrogen and oxygen atoms in total. The number of methoxy groups -OCH3 is 2. The molecule has 0 aliphatic heterocycles. The minimum absolute atomic E-state index is 0.479. The summed E-state index contributed by atoms with van der Waals surface area (Å²) in [5.41, 5.74) is 2.03. The second kappa shape index (κ2) is 5.79. The van der Waals surface area contributed by atoms with Gasteiger partial charge in [-0.15, -0.1) is 0 Å². The van der Waals surface area contributed by atoms with E-state index in [1.54, 1.807) is 0 Å². The first-order chi connectivity index (χ1) is 6.56. The second-order valence-corrected chi connectivity index (χ2v) is 2.32. The lowest BCUT2D eigenvalue weighted by molar-refractivity contribution is -0.112. The van der Waals surface area contributed by atoms with Crippen molar-refractivity contribution in [3.63, 3.8) is 0 Å². The quantitative estimate of drug-likeness (QED) is 0.502. The van der Waals surface area contributed by atoms with Gasteiger partial charge in [0, 0.05) is 0 Å². The summed E-state index contributed by atoms with van der Waals surface area (Å²) in [5.74, 6) is 0. The van der Waals surface area contributed by atoms with E-state index in [2.05, 4.69) is 9.47 Å². The topological polar surface area (TPSA) is 84.9 Å². The first-order valence-electron chi connectivity index (χ1n) is 3.73. The Morgan fingerprint density at radius 3 is 2.29 bits per heavy atom. The van der Waals surface area contributed by atoms with Crippen LogP contribution < -0.4 is 5.43 Å². The predicted molar refractivity (Wildman–Crippen MR) is 45.3 cm³/mol. The number of carbonyl (C=O) groups is 3. The minimum atomic E-state index is -0.857. The van der Waals surface area contributed by atoms with Crippen LogP contribution in [-0.4, -0.2) is 43.7 Å². The van der Waals surface area contributed by atoms with Crippen LogP contribution in [0.3, 0.4) is 0 Å². The van der Waals surface area contributed by atoms with Crippen molar-refractivity contribution in [1.82, 2.24) is 10.4 Å². The molecular formula is C7H12N2O5. The largest absolute Gasteiger partial charge is 0.452 e. The minimum Gasteiger partial charge on any atom is -0.452 e. The van der Waals surface area contributed by atoms with Gasteiger partial charge in [0.25, 0.3) is 0 Å². The van der Waals surface area contributed by atoms with Crippen molar-refractivity contribution < 1.29 is 23.9 Å². The van der Waals surface area contributed by atoms with Crippen LogP contribution in [0.25, 0.3) is 0 Å². The average Bonchev–Trinajstić information content (AvgIpc) is 2.23. The summed E-state index contributed by atoms with van der Waals surface area (Å²) in [4.78, 5) is 32.2. The molecule has 80 valence electrons. The van der Waals surface area contributed by atoms with Crippen LogP contribution in [0.15, 0.2) is 0 Å². The zero-order valence-corrected chi connectivity index (χ0v) is 8.14. The molecule has 0 spiro atoms. The fraction of sp³-hybridized carbons (Fsp3) is 0.571. The number of hydrogen-bond donors (Lipinski definition) is 1. The van der Waals surface area contributed by atoms with Gasteiger partial charge in [-0.2, -0.15) is 0 Å².